The standard InChI is InChI=1S/C16H31NO2/c1-3-16(18,4-2)13-17-11-9-15(10-12-17)19-14-7-5-6-8-14/h14-15,18H,3-13H2,1-2H3. The molecule has 0 amide bonds. The second-order valence-corrected chi connectivity index (χ2v) is 6.45. The zero-order valence-corrected chi connectivity index (χ0v) is 12.7. The summed E-state index contributed by atoms with van der Waals surface area (Å²) in [5.74, 6) is 0. The van der Waals surface area contributed by atoms with Gasteiger partial charge in [0.15, 0.2) is 0 Å². The van der Waals surface area contributed by atoms with Crippen LogP contribution < -0.4 is 0 Å². The van der Waals surface area contributed by atoms with Crippen molar-refractivity contribution >= 4 is 0 Å². The van der Waals surface area contributed by atoms with Crippen molar-refractivity contribution in [2.75, 3.05) is 19.6 Å². The lowest BCUT2D eigenvalue weighted by molar-refractivity contribution is -0.0576. The molecule has 1 aliphatic heterocycles. The first-order valence-electron chi connectivity index (χ1n) is 8.25. The van der Waals surface area contributed by atoms with Gasteiger partial charge in [0.1, 0.15) is 0 Å². The SMILES string of the molecule is CCC(O)(CC)CN1CCC(OC2CCCC2)CC1. The summed E-state index contributed by atoms with van der Waals surface area (Å²) in [5, 5.41) is 10.4. The highest BCUT2D eigenvalue weighted by molar-refractivity contribution is 4.83. The molecular weight excluding hydrogens is 238 g/mol. The molecule has 3 nitrogen and oxygen atoms in total. The third kappa shape index (κ3) is 4.44. The molecule has 1 saturated carbocycles. The van der Waals surface area contributed by atoms with Gasteiger partial charge in [-0.3, -0.25) is 0 Å². The summed E-state index contributed by atoms with van der Waals surface area (Å²) in [4.78, 5) is 2.42. The summed E-state index contributed by atoms with van der Waals surface area (Å²) in [6.45, 7) is 7.16. The molecule has 2 fully saturated rings. The minimum atomic E-state index is -0.487. The highest BCUT2D eigenvalue weighted by atomic mass is 16.5. The molecule has 0 spiro atoms. The number of aliphatic hydroxyl groups is 1. The van der Waals surface area contributed by atoms with Gasteiger partial charge < -0.3 is 14.7 Å². The highest BCUT2D eigenvalue weighted by Gasteiger charge is 2.29. The van der Waals surface area contributed by atoms with E-state index in [9.17, 15) is 5.11 Å². The van der Waals surface area contributed by atoms with Crippen LogP contribution in [0, 0.1) is 0 Å². The molecule has 1 saturated heterocycles. The molecule has 19 heavy (non-hydrogen) atoms. The average Bonchev–Trinajstić information content (AvgIpc) is 2.94. The Morgan fingerprint density at radius 3 is 2.05 bits per heavy atom. The van der Waals surface area contributed by atoms with Crippen molar-refractivity contribution in [3.05, 3.63) is 0 Å². The largest absolute Gasteiger partial charge is 0.389 e. The molecule has 1 aliphatic carbocycles. The second-order valence-electron chi connectivity index (χ2n) is 6.45. The number of nitrogens with zero attached hydrogens (tertiary/aromatic N) is 1. The van der Waals surface area contributed by atoms with Gasteiger partial charge in [0.2, 0.25) is 0 Å². The van der Waals surface area contributed by atoms with E-state index in [1.54, 1.807) is 0 Å². The van der Waals surface area contributed by atoms with Gasteiger partial charge in [-0.1, -0.05) is 26.7 Å². The van der Waals surface area contributed by atoms with E-state index in [1.165, 1.54) is 25.7 Å². The minimum Gasteiger partial charge on any atom is -0.389 e. The predicted octanol–water partition coefficient (Wildman–Crippen LogP) is 2.96. The summed E-state index contributed by atoms with van der Waals surface area (Å²) in [6.07, 6.45) is 10.2. The molecule has 0 aromatic heterocycles. The Morgan fingerprint density at radius 2 is 1.53 bits per heavy atom. The first kappa shape index (κ1) is 15.3. The van der Waals surface area contributed by atoms with Gasteiger partial charge in [-0.25, -0.2) is 0 Å². The van der Waals surface area contributed by atoms with Crippen LogP contribution in [-0.4, -0.2) is 47.4 Å². The quantitative estimate of drug-likeness (QED) is 0.804. The van der Waals surface area contributed by atoms with E-state index in [0.29, 0.717) is 12.2 Å². The molecule has 0 bridgehead atoms. The van der Waals surface area contributed by atoms with E-state index in [4.69, 9.17) is 4.74 Å². The molecule has 0 aromatic rings. The number of likely N-dealkylation sites (tertiary alicyclic amines) is 1. The Bertz CT molecular complexity index is 251. The van der Waals surface area contributed by atoms with E-state index in [0.717, 1.165) is 45.3 Å². The Hall–Kier alpha value is -0.120. The minimum absolute atomic E-state index is 0.468. The maximum atomic E-state index is 10.4. The van der Waals surface area contributed by atoms with Crippen LogP contribution in [0.1, 0.15) is 65.2 Å². The van der Waals surface area contributed by atoms with Crippen molar-refractivity contribution in [1.29, 1.82) is 0 Å². The Kier molecular flexibility index (Phi) is 5.67. The van der Waals surface area contributed by atoms with E-state index < -0.39 is 5.60 Å². The fourth-order valence-electron chi connectivity index (χ4n) is 3.39. The van der Waals surface area contributed by atoms with E-state index in [2.05, 4.69) is 18.7 Å². The van der Waals surface area contributed by atoms with Gasteiger partial charge in [-0.2, -0.15) is 0 Å². The average molecular weight is 269 g/mol. The lowest BCUT2D eigenvalue weighted by Crippen LogP contribution is -2.47. The summed E-state index contributed by atoms with van der Waals surface area (Å²) in [7, 11) is 0. The third-order valence-electron chi connectivity index (χ3n) is 5.06. The van der Waals surface area contributed by atoms with Crippen LogP contribution in [0.2, 0.25) is 0 Å². The fourth-order valence-corrected chi connectivity index (χ4v) is 3.39. The van der Waals surface area contributed by atoms with Gasteiger partial charge in [0.25, 0.3) is 0 Å². The van der Waals surface area contributed by atoms with Crippen molar-refractivity contribution < 1.29 is 9.84 Å². The number of β-amino-alcohol motifs (C(OH)–C–C–N with tert-alkyl or cyclic N) is 1. The van der Waals surface area contributed by atoms with Crippen LogP contribution in [0.25, 0.3) is 0 Å². The zero-order chi connectivity index (χ0) is 13.7. The molecule has 3 heteroatoms. The summed E-state index contributed by atoms with van der Waals surface area (Å²) in [6, 6.07) is 0. The highest BCUT2D eigenvalue weighted by Crippen LogP contribution is 2.26. The van der Waals surface area contributed by atoms with Crippen LogP contribution >= 0.6 is 0 Å². The number of piperidine rings is 1. The lowest BCUT2D eigenvalue weighted by atomic mass is 9.95. The normalized spacial score (nSPS) is 24.2. The number of hydrogen-bond donors (Lipinski definition) is 1. The number of hydrogen-bond acceptors (Lipinski definition) is 3. The molecule has 2 aliphatic rings. The third-order valence-corrected chi connectivity index (χ3v) is 5.06. The maximum absolute atomic E-state index is 10.4. The molecular formula is C16H31NO2. The van der Waals surface area contributed by atoms with Crippen LogP contribution in [0.3, 0.4) is 0 Å². The summed E-state index contributed by atoms with van der Waals surface area (Å²) >= 11 is 0. The van der Waals surface area contributed by atoms with Gasteiger partial charge in [0, 0.05) is 19.6 Å². The van der Waals surface area contributed by atoms with Gasteiger partial charge in [0.05, 0.1) is 17.8 Å². The van der Waals surface area contributed by atoms with Gasteiger partial charge in [-0.15, -0.1) is 0 Å². The second kappa shape index (κ2) is 7.05. The smallest absolute Gasteiger partial charge is 0.0768 e. The van der Waals surface area contributed by atoms with Crippen LogP contribution in [-0.2, 0) is 4.74 Å². The monoisotopic (exact) mass is 269 g/mol. The fraction of sp³-hybridized carbons (Fsp3) is 1.00. The number of ether oxygens (including phenoxy) is 1. The Labute approximate surface area is 118 Å². The van der Waals surface area contributed by atoms with Crippen molar-refractivity contribution in [3.63, 3.8) is 0 Å². The van der Waals surface area contributed by atoms with E-state index in [1.807, 2.05) is 0 Å². The molecule has 0 atom stereocenters. The maximum Gasteiger partial charge on any atom is 0.0768 e. The molecule has 1 N–H and O–H groups in total. The number of rotatable bonds is 6. The molecule has 1 heterocycles. The van der Waals surface area contributed by atoms with Crippen molar-refractivity contribution in [2.45, 2.75) is 83.0 Å². The van der Waals surface area contributed by atoms with Crippen LogP contribution in [0.5, 0.6) is 0 Å². The molecule has 0 unspecified atom stereocenters. The molecule has 0 radical (unpaired) electrons. The first-order chi connectivity index (χ1) is 9.15. The summed E-state index contributed by atoms with van der Waals surface area (Å²) < 4.78 is 6.19. The predicted molar refractivity (Wildman–Crippen MR) is 78.3 cm³/mol. The topological polar surface area (TPSA) is 32.7 Å². The van der Waals surface area contributed by atoms with Crippen molar-refractivity contribution in [1.82, 2.24) is 4.90 Å². The first-order valence-corrected chi connectivity index (χ1v) is 8.25. The van der Waals surface area contributed by atoms with E-state index in [-0.39, 0.29) is 0 Å². The van der Waals surface area contributed by atoms with E-state index >= 15 is 0 Å². The van der Waals surface area contributed by atoms with Gasteiger partial charge in [-0.05, 0) is 38.5 Å². The van der Waals surface area contributed by atoms with Crippen LogP contribution in [0.4, 0.5) is 0 Å². The van der Waals surface area contributed by atoms with Crippen molar-refractivity contribution in [2.24, 2.45) is 0 Å². The zero-order valence-electron chi connectivity index (χ0n) is 12.7. The molecule has 112 valence electrons. The summed E-state index contributed by atoms with van der Waals surface area (Å²) in [5.41, 5.74) is -0.487. The van der Waals surface area contributed by atoms with Crippen molar-refractivity contribution in [3.8, 4) is 0 Å². The molecule has 0 aromatic carbocycles. The van der Waals surface area contributed by atoms with Crippen LogP contribution in [0.15, 0.2) is 0 Å². The Morgan fingerprint density at radius 1 is 1.00 bits per heavy atom. The molecule has 2 rings (SSSR count). The van der Waals surface area contributed by atoms with Gasteiger partial charge >= 0.3 is 0 Å². The lowest BCUT2D eigenvalue weighted by Gasteiger charge is -2.38. The Balaban J connectivity index is 1.69.